The van der Waals surface area contributed by atoms with Gasteiger partial charge in [0.1, 0.15) is 0 Å². The fourth-order valence-corrected chi connectivity index (χ4v) is 2.19. The van der Waals surface area contributed by atoms with Crippen LogP contribution in [0.4, 0.5) is 0 Å². The van der Waals surface area contributed by atoms with Gasteiger partial charge in [0, 0.05) is 40.6 Å². The van der Waals surface area contributed by atoms with Crippen LogP contribution in [0.3, 0.4) is 0 Å². The van der Waals surface area contributed by atoms with Crippen molar-refractivity contribution in [3.63, 3.8) is 0 Å². The highest BCUT2D eigenvalue weighted by molar-refractivity contribution is 6.06. The van der Waals surface area contributed by atoms with Crippen LogP contribution in [0.15, 0.2) is 36.7 Å². The quantitative estimate of drug-likeness (QED) is 0.739. The van der Waals surface area contributed by atoms with Crippen molar-refractivity contribution < 1.29 is 9.90 Å². The topological polar surface area (TPSA) is 66.0 Å². The Morgan fingerprint density at radius 1 is 1.22 bits per heavy atom. The second kappa shape index (κ2) is 4.14. The molecular formula is C14H12N2O2. The first kappa shape index (κ1) is 10.8. The van der Waals surface area contributed by atoms with Crippen LogP contribution in [-0.4, -0.2) is 21.0 Å². The maximum Gasteiger partial charge on any atom is 0.303 e. The van der Waals surface area contributed by atoms with E-state index in [-0.39, 0.29) is 6.42 Å². The van der Waals surface area contributed by atoms with E-state index in [9.17, 15) is 4.79 Å². The molecule has 0 amide bonds. The Kier molecular flexibility index (Phi) is 2.48. The van der Waals surface area contributed by atoms with Gasteiger partial charge in [-0.1, -0.05) is 6.07 Å². The highest BCUT2D eigenvalue weighted by atomic mass is 16.4. The van der Waals surface area contributed by atoms with Gasteiger partial charge in [-0.25, -0.2) is 0 Å². The van der Waals surface area contributed by atoms with Crippen molar-refractivity contribution in [2.75, 3.05) is 0 Å². The predicted octanol–water partition coefficient (Wildman–Crippen LogP) is 2.73. The zero-order chi connectivity index (χ0) is 12.5. The number of nitrogens with zero attached hydrogens (tertiary/aromatic N) is 1. The minimum atomic E-state index is -0.768. The number of carbonyl (C=O) groups is 1. The average Bonchev–Trinajstić information content (AvgIpc) is 2.74. The first-order valence-corrected chi connectivity index (χ1v) is 5.80. The number of hydrogen-bond donors (Lipinski definition) is 2. The summed E-state index contributed by atoms with van der Waals surface area (Å²) >= 11 is 0. The van der Waals surface area contributed by atoms with Gasteiger partial charge in [0.25, 0.3) is 0 Å². The van der Waals surface area contributed by atoms with Crippen molar-refractivity contribution in [3.8, 4) is 0 Å². The van der Waals surface area contributed by atoms with Crippen molar-refractivity contribution in [1.29, 1.82) is 0 Å². The second-order valence-corrected chi connectivity index (χ2v) is 4.32. The minimum Gasteiger partial charge on any atom is -0.481 e. The Morgan fingerprint density at radius 2 is 2.06 bits per heavy atom. The van der Waals surface area contributed by atoms with Gasteiger partial charge in [0.05, 0.1) is 0 Å². The predicted molar refractivity (Wildman–Crippen MR) is 69.6 cm³/mol. The molecule has 0 aliphatic carbocycles. The van der Waals surface area contributed by atoms with E-state index in [1.807, 2.05) is 30.5 Å². The van der Waals surface area contributed by atoms with E-state index >= 15 is 0 Å². The van der Waals surface area contributed by atoms with E-state index in [0.29, 0.717) is 6.42 Å². The largest absolute Gasteiger partial charge is 0.481 e. The number of aromatic nitrogens is 2. The number of hydrogen-bond acceptors (Lipinski definition) is 2. The van der Waals surface area contributed by atoms with Gasteiger partial charge in [0.15, 0.2) is 0 Å². The molecule has 0 spiro atoms. The standard InChI is InChI=1S/C14H12N2O2/c17-14(18)4-2-9-1-3-12-10(7-9)11-8-15-6-5-13(11)16-12/h1,3,5-8,16H,2,4H2,(H,17,18). The lowest BCUT2D eigenvalue weighted by Crippen LogP contribution is -1.97. The molecule has 0 atom stereocenters. The summed E-state index contributed by atoms with van der Waals surface area (Å²) in [7, 11) is 0. The Balaban J connectivity index is 2.09. The molecule has 90 valence electrons. The molecule has 0 fully saturated rings. The van der Waals surface area contributed by atoms with Gasteiger partial charge in [0.2, 0.25) is 0 Å². The van der Waals surface area contributed by atoms with Crippen LogP contribution in [0.5, 0.6) is 0 Å². The number of aliphatic carboxylic acids is 1. The molecule has 2 heterocycles. The summed E-state index contributed by atoms with van der Waals surface area (Å²) in [5.74, 6) is -0.768. The Morgan fingerprint density at radius 3 is 2.89 bits per heavy atom. The van der Waals surface area contributed by atoms with Crippen LogP contribution in [0.25, 0.3) is 21.8 Å². The summed E-state index contributed by atoms with van der Waals surface area (Å²) in [6.45, 7) is 0. The number of pyridine rings is 1. The molecule has 18 heavy (non-hydrogen) atoms. The number of carboxylic acid groups (broad SMARTS) is 1. The van der Waals surface area contributed by atoms with Crippen LogP contribution >= 0.6 is 0 Å². The lowest BCUT2D eigenvalue weighted by atomic mass is 10.1. The van der Waals surface area contributed by atoms with Gasteiger partial charge >= 0.3 is 5.97 Å². The molecule has 0 saturated carbocycles. The summed E-state index contributed by atoms with van der Waals surface area (Å²) < 4.78 is 0. The third-order valence-corrected chi connectivity index (χ3v) is 3.09. The van der Waals surface area contributed by atoms with Gasteiger partial charge in [-0.3, -0.25) is 9.78 Å². The molecule has 0 radical (unpaired) electrons. The van der Waals surface area contributed by atoms with Gasteiger partial charge in [-0.05, 0) is 30.2 Å². The number of benzene rings is 1. The zero-order valence-corrected chi connectivity index (χ0v) is 9.68. The summed E-state index contributed by atoms with van der Waals surface area (Å²) in [6, 6.07) is 7.94. The summed E-state index contributed by atoms with van der Waals surface area (Å²) in [6.07, 6.45) is 4.29. The first-order valence-electron chi connectivity index (χ1n) is 5.80. The SMILES string of the molecule is O=C(O)CCc1ccc2[nH]c3ccncc3c2c1. The fourth-order valence-electron chi connectivity index (χ4n) is 2.19. The van der Waals surface area contributed by atoms with Crippen LogP contribution < -0.4 is 0 Å². The van der Waals surface area contributed by atoms with Crippen molar-refractivity contribution in [3.05, 3.63) is 42.2 Å². The normalized spacial score (nSPS) is 11.1. The second-order valence-electron chi connectivity index (χ2n) is 4.32. The summed E-state index contributed by atoms with van der Waals surface area (Å²) in [5, 5.41) is 10.9. The van der Waals surface area contributed by atoms with E-state index in [0.717, 1.165) is 27.4 Å². The van der Waals surface area contributed by atoms with Crippen LogP contribution in [-0.2, 0) is 11.2 Å². The molecule has 0 aliphatic rings. The molecule has 2 aromatic heterocycles. The summed E-state index contributed by atoms with van der Waals surface area (Å²) in [5.41, 5.74) is 3.14. The average molecular weight is 240 g/mol. The van der Waals surface area contributed by atoms with E-state index in [1.165, 1.54) is 0 Å². The fraction of sp³-hybridized carbons (Fsp3) is 0.143. The molecule has 2 N–H and O–H groups in total. The Hall–Kier alpha value is -2.36. The van der Waals surface area contributed by atoms with Crippen LogP contribution in [0.2, 0.25) is 0 Å². The van der Waals surface area contributed by atoms with Crippen molar-refractivity contribution >= 4 is 27.8 Å². The third-order valence-electron chi connectivity index (χ3n) is 3.09. The Bertz CT molecular complexity index is 731. The minimum absolute atomic E-state index is 0.159. The lowest BCUT2D eigenvalue weighted by molar-refractivity contribution is -0.136. The molecule has 0 unspecified atom stereocenters. The number of rotatable bonds is 3. The molecule has 3 rings (SSSR count). The molecular weight excluding hydrogens is 228 g/mol. The number of nitrogens with one attached hydrogen (secondary N) is 1. The molecule has 3 aromatic rings. The maximum atomic E-state index is 10.6. The number of fused-ring (bicyclic) bond motifs is 3. The van der Waals surface area contributed by atoms with E-state index in [2.05, 4.69) is 9.97 Å². The number of H-pyrrole nitrogens is 1. The number of aromatic amines is 1. The van der Waals surface area contributed by atoms with Crippen LogP contribution in [0.1, 0.15) is 12.0 Å². The first-order chi connectivity index (χ1) is 8.74. The van der Waals surface area contributed by atoms with E-state index in [1.54, 1.807) is 6.20 Å². The van der Waals surface area contributed by atoms with Gasteiger partial charge in [-0.2, -0.15) is 0 Å². The van der Waals surface area contributed by atoms with Crippen LogP contribution in [0, 0.1) is 0 Å². The van der Waals surface area contributed by atoms with Crippen molar-refractivity contribution in [2.45, 2.75) is 12.8 Å². The molecule has 4 heteroatoms. The number of aryl methyl sites for hydroxylation is 1. The maximum absolute atomic E-state index is 10.6. The highest BCUT2D eigenvalue weighted by Gasteiger charge is 2.05. The van der Waals surface area contributed by atoms with E-state index < -0.39 is 5.97 Å². The smallest absolute Gasteiger partial charge is 0.303 e. The monoisotopic (exact) mass is 240 g/mol. The summed E-state index contributed by atoms with van der Waals surface area (Å²) in [4.78, 5) is 18.0. The molecule has 0 saturated heterocycles. The number of carboxylic acids is 1. The molecule has 1 aromatic carbocycles. The van der Waals surface area contributed by atoms with Gasteiger partial charge < -0.3 is 10.1 Å². The van der Waals surface area contributed by atoms with E-state index in [4.69, 9.17) is 5.11 Å². The third kappa shape index (κ3) is 1.82. The molecule has 0 bridgehead atoms. The van der Waals surface area contributed by atoms with Gasteiger partial charge in [-0.15, -0.1) is 0 Å². The molecule has 4 nitrogen and oxygen atoms in total. The zero-order valence-electron chi connectivity index (χ0n) is 9.68. The van der Waals surface area contributed by atoms with Crippen molar-refractivity contribution in [2.24, 2.45) is 0 Å². The highest BCUT2D eigenvalue weighted by Crippen LogP contribution is 2.25. The lowest BCUT2D eigenvalue weighted by Gasteiger charge is -1.99. The Labute approximate surface area is 103 Å². The van der Waals surface area contributed by atoms with Crippen molar-refractivity contribution in [1.82, 2.24) is 9.97 Å². The molecule has 0 aliphatic heterocycles.